The summed E-state index contributed by atoms with van der Waals surface area (Å²) in [7, 11) is -3.43. The van der Waals surface area contributed by atoms with Crippen molar-refractivity contribution < 1.29 is 13.6 Å². The molecule has 0 radical (unpaired) electrons. The largest absolute Gasteiger partial charge is 0.415 e. The first-order valence-corrected chi connectivity index (χ1v) is 23.4. The van der Waals surface area contributed by atoms with E-state index in [1.54, 1.807) is 0 Å². The van der Waals surface area contributed by atoms with Crippen LogP contribution in [0.25, 0.3) is 0 Å². The minimum Gasteiger partial charge on any atom is -0.415 e. The molecular weight excluding hydrogens is 503 g/mol. The van der Waals surface area contributed by atoms with Crippen LogP contribution in [0.3, 0.4) is 0 Å². The van der Waals surface area contributed by atoms with Crippen molar-refractivity contribution in [3.63, 3.8) is 0 Å². The van der Waals surface area contributed by atoms with Crippen molar-refractivity contribution in [1.29, 1.82) is 0 Å². The van der Waals surface area contributed by atoms with E-state index in [0.717, 1.165) is 19.3 Å². The van der Waals surface area contributed by atoms with Gasteiger partial charge in [0.15, 0.2) is 16.6 Å². The van der Waals surface area contributed by atoms with Gasteiger partial charge in [-0.15, -0.1) is 0 Å². The summed E-state index contributed by atoms with van der Waals surface area (Å²) in [6, 6.07) is -0.0473. The molecule has 1 N–H and O–H groups in total. The van der Waals surface area contributed by atoms with Gasteiger partial charge in [0, 0.05) is 6.42 Å². The summed E-state index contributed by atoms with van der Waals surface area (Å²) in [6.45, 7) is 18.5. The standard InChI is InChI=1S/C32H69NO3Si2/c1-9-11-13-15-16-17-18-19-20-21-22-24-25-27-31(36-38(6,7)8)30(29-35-37(3,4)5)33-32(34)28-26-23-14-12-10-2/h30-31H,9-29H2,1-8H3,(H,33,34)/t30-,31+/m0/s1. The lowest BCUT2D eigenvalue weighted by Crippen LogP contribution is -2.51. The molecule has 0 aliphatic heterocycles. The molecule has 0 aromatic rings. The molecule has 4 nitrogen and oxygen atoms in total. The molecule has 1 amide bonds. The molecule has 0 aromatic carbocycles. The van der Waals surface area contributed by atoms with E-state index in [0.29, 0.717) is 13.0 Å². The predicted octanol–water partition coefficient (Wildman–Crippen LogP) is 10.4. The molecule has 0 aliphatic rings. The van der Waals surface area contributed by atoms with Crippen LogP contribution in [0.4, 0.5) is 0 Å². The zero-order chi connectivity index (χ0) is 28.7. The van der Waals surface area contributed by atoms with E-state index in [4.69, 9.17) is 8.85 Å². The van der Waals surface area contributed by atoms with Crippen molar-refractivity contribution >= 4 is 22.5 Å². The Bertz CT molecular complexity index is 546. The third-order valence-electron chi connectivity index (χ3n) is 7.10. The van der Waals surface area contributed by atoms with E-state index in [-0.39, 0.29) is 18.1 Å². The third-order valence-corrected chi connectivity index (χ3v) is 9.14. The van der Waals surface area contributed by atoms with Crippen LogP contribution in [0.15, 0.2) is 0 Å². The fourth-order valence-corrected chi connectivity index (χ4v) is 6.78. The van der Waals surface area contributed by atoms with Crippen molar-refractivity contribution in [3.05, 3.63) is 0 Å². The third kappa shape index (κ3) is 26.1. The molecule has 38 heavy (non-hydrogen) atoms. The van der Waals surface area contributed by atoms with E-state index in [9.17, 15) is 4.79 Å². The van der Waals surface area contributed by atoms with Gasteiger partial charge in [-0.2, -0.15) is 0 Å². The fraction of sp³-hybridized carbons (Fsp3) is 0.969. The molecule has 6 heteroatoms. The van der Waals surface area contributed by atoms with Crippen molar-refractivity contribution in [2.75, 3.05) is 6.61 Å². The number of rotatable bonds is 27. The van der Waals surface area contributed by atoms with Crippen LogP contribution in [0.5, 0.6) is 0 Å². The Kier molecular flexibility index (Phi) is 23.4. The SMILES string of the molecule is CCCCCCCCCCCCCCC[C@@H](O[Si](C)(C)C)[C@H](CO[Si](C)(C)C)NC(=O)CCCCCCC. The van der Waals surface area contributed by atoms with E-state index in [1.165, 1.54) is 103 Å². The highest BCUT2D eigenvalue weighted by Crippen LogP contribution is 2.20. The second kappa shape index (κ2) is 23.5. The highest BCUT2D eigenvalue weighted by molar-refractivity contribution is 6.70. The van der Waals surface area contributed by atoms with Gasteiger partial charge in [0.25, 0.3) is 0 Å². The maximum absolute atomic E-state index is 12.9. The molecule has 228 valence electrons. The van der Waals surface area contributed by atoms with Crippen molar-refractivity contribution in [2.24, 2.45) is 0 Å². The molecular formula is C32H69NO3Si2. The zero-order valence-corrected chi connectivity index (χ0v) is 29.2. The molecule has 0 fully saturated rings. The molecule has 0 unspecified atom stereocenters. The van der Waals surface area contributed by atoms with Gasteiger partial charge in [-0.3, -0.25) is 4.79 Å². The summed E-state index contributed by atoms with van der Waals surface area (Å²) in [4.78, 5) is 12.9. The van der Waals surface area contributed by atoms with Gasteiger partial charge in [0.2, 0.25) is 5.91 Å². The molecule has 2 atom stereocenters. The van der Waals surface area contributed by atoms with E-state index >= 15 is 0 Å². The quantitative estimate of drug-likeness (QED) is 0.0788. The number of nitrogens with one attached hydrogen (secondary N) is 1. The van der Waals surface area contributed by atoms with Gasteiger partial charge < -0.3 is 14.2 Å². The number of carbonyl (C=O) groups excluding carboxylic acids is 1. The lowest BCUT2D eigenvalue weighted by Gasteiger charge is -2.34. The van der Waals surface area contributed by atoms with Gasteiger partial charge in [-0.05, 0) is 52.1 Å². The molecule has 0 aromatic heterocycles. The fourth-order valence-electron chi connectivity index (χ4n) is 4.91. The number of hydrogen-bond acceptors (Lipinski definition) is 3. The molecule has 0 bridgehead atoms. The highest BCUT2D eigenvalue weighted by atomic mass is 28.4. The van der Waals surface area contributed by atoms with E-state index in [1.807, 2.05) is 0 Å². The van der Waals surface area contributed by atoms with Crippen molar-refractivity contribution in [1.82, 2.24) is 5.32 Å². The van der Waals surface area contributed by atoms with Crippen LogP contribution >= 0.6 is 0 Å². The Labute approximate surface area is 241 Å². The number of hydrogen-bond donors (Lipinski definition) is 1. The molecule has 0 saturated carbocycles. The maximum Gasteiger partial charge on any atom is 0.220 e. The Morgan fingerprint density at radius 3 is 1.45 bits per heavy atom. The maximum atomic E-state index is 12.9. The average Bonchev–Trinajstić information content (AvgIpc) is 2.82. The van der Waals surface area contributed by atoms with E-state index in [2.05, 4.69) is 58.4 Å². The second-order valence-corrected chi connectivity index (χ2v) is 22.5. The second-order valence-electron chi connectivity index (χ2n) is 13.6. The lowest BCUT2D eigenvalue weighted by molar-refractivity contribution is -0.123. The van der Waals surface area contributed by atoms with Crippen LogP contribution in [0.2, 0.25) is 39.3 Å². The topological polar surface area (TPSA) is 47.6 Å². The number of amides is 1. The van der Waals surface area contributed by atoms with Crippen LogP contribution < -0.4 is 5.32 Å². The summed E-state index contributed by atoms with van der Waals surface area (Å²) in [5.74, 6) is 0.167. The zero-order valence-electron chi connectivity index (χ0n) is 27.2. The monoisotopic (exact) mass is 571 g/mol. The average molecular weight is 572 g/mol. The van der Waals surface area contributed by atoms with E-state index < -0.39 is 16.6 Å². The smallest absolute Gasteiger partial charge is 0.220 e. The summed E-state index contributed by atoms with van der Waals surface area (Å²) < 4.78 is 13.0. The first-order valence-electron chi connectivity index (χ1n) is 16.6. The number of unbranched alkanes of at least 4 members (excludes halogenated alkanes) is 16. The van der Waals surface area contributed by atoms with Crippen LogP contribution in [0.1, 0.15) is 142 Å². The summed E-state index contributed by atoms with van der Waals surface area (Å²) in [5, 5.41) is 3.36. The van der Waals surface area contributed by atoms with Crippen molar-refractivity contribution in [3.8, 4) is 0 Å². The minimum absolute atomic E-state index is 0.0473. The lowest BCUT2D eigenvalue weighted by atomic mass is 10.0. The van der Waals surface area contributed by atoms with Gasteiger partial charge in [-0.25, -0.2) is 0 Å². The molecule has 0 saturated heterocycles. The molecule has 0 heterocycles. The molecule has 0 spiro atoms. The normalized spacial score (nSPS) is 14.0. The Morgan fingerprint density at radius 1 is 0.605 bits per heavy atom. The van der Waals surface area contributed by atoms with Gasteiger partial charge in [0.05, 0.1) is 18.8 Å². The Morgan fingerprint density at radius 2 is 1.03 bits per heavy atom. The molecule has 0 aliphatic carbocycles. The Balaban J connectivity index is 4.60. The summed E-state index contributed by atoms with van der Waals surface area (Å²) in [6.07, 6.45) is 25.3. The first-order chi connectivity index (χ1) is 18.0. The van der Waals surface area contributed by atoms with Gasteiger partial charge >= 0.3 is 0 Å². The van der Waals surface area contributed by atoms with Gasteiger partial charge in [-0.1, -0.05) is 123 Å². The van der Waals surface area contributed by atoms with Crippen LogP contribution in [-0.2, 0) is 13.6 Å². The summed E-state index contributed by atoms with van der Waals surface area (Å²) in [5.41, 5.74) is 0. The predicted molar refractivity (Wildman–Crippen MR) is 173 cm³/mol. The van der Waals surface area contributed by atoms with Crippen LogP contribution in [0, 0.1) is 0 Å². The Hall–Kier alpha value is -0.176. The minimum atomic E-state index is -1.75. The first kappa shape index (κ1) is 37.8. The van der Waals surface area contributed by atoms with Crippen molar-refractivity contribution in [2.45, 2.75) is 194 Å². The summed E-state index contributed by atoms with van der Waals surface area (Å²) >= 11 is 0. The van der Waals surface area contributed by atoms with Crippen LogP contribution in [-0.4, -0.2) is 41.3 Å². The van der Waals surface area contributed by atoms with Gasteiger partial charge in [0.1, 0.15) is 0 Å². The number of carbonyl (C=O) groups is 1. The highest BCUT2D eigenvalue weighted by Gasteiger charge is 2.30. The molecule has 0 rings (SSSR count).